The van der Waals surface area contributed by atoms with Crippen molar-refractivity contribution in [3.8, 4) is 0 Å². The molecule has 1 atom stereocenters. The number of carbonyl (C=O) groups excluding carboxylic acids is 1. The van der Waals surface area contributed by atoms with Crippen LogP contribution < -0.4 is 10.2 Å². The van der Waals surface area contributed by atoms with E-state index in [4.69, 9.17) is 16.0 Å². The first-order chi connectivity index (χ1) is 7.22. The van der Waals surface area contributed by atoms with Crippen molar-refractivity contribution in [3.63, 3.8) is 0 Å². The Balaban J connectivity index is 2.18. The van der Waals surface area contributed by atoms with Crippen LogP contribution in [0, 0.1) is 0 Å². The topological polar surface area (TPSA) is 71.3 Å². The number of halogens is 1. The molecule has 1 saturated heterocycles. The van der Waals surface area contributed by atoms with E-state index < -0.39 is 0 Å². The Morgan fingerprint density at radius 1 is 1.67 bits per heavy atom. The molecule has 0 spiro atoms. The highest BCUT2D eigenvalue weighted by molar-refractivity contribution is 6.16. The van der Waals surface area contributed by atoms with Gasteiger partial charge in [-0.3, -0.25) is 4.79 Å². The number of nitrogens with zero attached hydrogens (tertiary/aromatic N) is 3. The first-order valence-corrected chi connectivity index (χ1v) is 5.18. The predicted octanol–water partition coefficient (Wildman–Crippen LogP) is 0.133. The molecule has 1 aromatic heterocycles. The molecule has 1 amide bonds. The lowest BCUT2D eigenvalue weighted by Crippen LogP contribution is -2.54. The van der Waals surface area contributed by atoms with Gasteiger partial charge in [-0.2, -0.15) is 0 Å². The van der Waals surface area contributed by atoms with Gasteiger partial charge in [-0.05, 0) is 6.92 Å². The molecule has 0 aliphatic carbocycles. The Morgan fingerprint density at radius 2 is 2.47 bits per heavy atom. The second-order valence-corrected chi connectivity index (χ2v) is 3.54. The summed E-state index contributed by atoms with van der Waals surface area (Å²) in [6, 6.07) is 0.0652. The molecule has 82 valence electrons. The maximum absolute atomic E-state index is 11.4. The minimum atomic E-state index is -0.289. The third-order valence-corrected chi connectivity index (χ3v) is 2.54. The molecule has 1 aromatic rings. The lowest BCUT2D eigenvalue weighted by Gasteiger charge is -2.30. The van der Waals surface area contributed by atoms with Gasteiger partial charge in [0.25, 0.3) is 0 Å². The van der Waals surface area contributed by atoms with Crippen molar-refractivity contribution in [2.75, 3.05) is 18.0 Å². The summed E-state index contributed by atoms with van der Waals surface area (Å²) in [5.41, 5.74) is 0. The van der Waals surface area contributed by atoms with Crippen molar-refractivity contribution in [3.05, 3.63) is 5.89 Å². The number of rotatable bonds is 2. The number of anilines is 1. The van der Waals surface area contributed by atoms with E-state index in [9.17, 15) is 4.79 Å². The van der Waals surface area contributed by atoms with Crippen molar-refractivity contribution < 1.29 is 9.21 Å². The molecule has 2 heterocycles. The molecule has 1 aliphatic rings. The molecule has 0 aromatic carbocycles. The molecule has 0 bridgehead atoms. The third kappa shape index (κ3) is 1.90. The number of carbonyl (C=O) groups is 1. The van der Waals surface area contributed by atoms with Crippen LogP contribution in [0.4, 0.5) is 6.01 Å². The van der Waals surface area contributed by atoms with Gasteiger partial charge >= 0.3 is 6.01 Å². The summed E-state index contributed by atoms with van der Waals surface area (Å²) >= 11 is 5.55. The van der Waals surface area contributed by atoms with Crippen LogP contribution in [0.15, 0.2) is 4.42 Å². The van der Waals surface area contributed by atoms with Gasteiger partial charge in [0, 0.05) is 13.1 Å². The Bertz CT molecular complexity index is 367. The van der Waals surface area contributed by atoms with E-state index in [1.165, 1.54) is 0 Å². The second-order valence-electron chi connectivity index (χ2n) is 3.27. The van der Waals surface area contributed by atoms with Crippen LogP contribution in [-0.4, -0.2) is 35.2 Å². The van der Waals surface area contributed by atoms with Gasteiger partial charge < -0.3 is 14.6 Å². The van der Waals surface area contributed by atoms with Crippen molar-refractivity contribution in [1.82, 2.24) is 15.5 Å². The minimum absolute atomic E-state index is 0.0353. The Hall–Kier alpha value is -1.30. The minimum Gasteiger partial charge on any atom is -0.407 e. The highest BCUT2D eigenvalue weighted by Crippen LogP contribution is 2.17. The summed E-state index contributed by atoms with van der Waals surface area (Å²) in [6.07, 6.45) is 0. The number of amides is 1. The molecule has 15 heavy (non-hydrogen) atoms. The molecule has 1 unspecified atom stereocenters. The van der Waals surface area contributed by atoms with Crippen LogP contribution in [0.3, 0.4) is 0 Å². The largest absolute Gasteiger partial charge is 0.407 e. The zero-order valence-electron chi connectivity index (χ0n) is 8.23. The van der Waals surface area contributed by atoms with Crippen LogP contribution in [0.25, 0.3) is 0 Å². The molecule has 1 fully saturated rings. The highest BCUT2D eigenvalue weighted by Gasteiger charge is 2.28. The van der Waals surface area contributed by atoms with Gasteiger partial charge in [-0.15, -0.1) is 16.7 Å². The monoisotopic (exact) mass is 230 g/mol. The van der Waals surface area contributed by atoms with E-state index in [0.29, 0.717) is 25.0 Å². The smallest absolute Gasteiger partial charge is 0.318 e. The average Bonchev–Trinajstić information content (AvgIpc) is 2.70. The van der Waals surface area contributed by atoms with Gasteiger partial charge in [-0.25, -0.2) is 0 Å². The molecule has 1 aliphatic heterocycles. The summed E-state index contributed by atoms with van der Waals surface area (Å²) in [5, 5.41) is 10.3. The number of aromatic nitrogens is 2. The van der Waals surface area contributed by atoms with Crippen LogP contribution in [0.5, 0.6) is 0 Å². The number of alkyl halides is 1. The molecule has 2 rings (SSSR count). The van der Waals surface area contributed by atoms with Crippen LogP contribution in [0.1, 0.15) is 12.8 Å². The lowest BCUT2D eigenvalue weighted by molar-refractivity contribution is -0.123. The Morgan fingerprint density at radius 3 is 3.13 bits per heavy atom. The van der Waals surface area contributed by atoms with Gasteiger partial charge in [0.1, 0.15) is 11.9 Å². The van der Waals surface area contributed by atoms with Crippen molar-refractivity contribution >= 4 is 23.5 Å². The van der Waals surface area contributed by atoms with E-state index in [1.54, 1.807) is 11.8 Å². The van der Waals surface area contributed by atoms with E-state index in [2.05, 4.69) is 15.5 Å². The van der Waals surface area contributed by atoms with Crippen LogP contribution in [0.2, 0.25) is 0 Å². The van der Waals surface area contributed by atoms with Crippen molar-refractivity contribution in [2.24, 2.45) is 0 Å². The molecule has 7 heteroatoms. The molecule has 0 saturated carbocycles. The van der Waals surface area contributed by atoms with Gasteiger partial charge in [0.05, 0.1) is 0 Å². The number of nitrogens with one attached hydrogen (secondary N) is 1. The quantitative estimate of drug-likeness (QED) is 0.732. The first-order valence-electron chi connectivity index (χ1n) is 4.65. The standard InChI is InChI=1S/C8H11ClN4O2/c1-5-7(14)10-2-3-13(5)8-12-11-6(4-9)15-8/h5H,2-4H2,1H3,(H,10,14). The van der Waals surface area contributed by atoms with E-state index >= 15 is 0 Å². The fourth-order valence-electron chi connectivity index (χ4n) is 1.46. The Labute approximate surface area is 91.6 Å². The highest BCUT2D eigenvalue weighted by atomic mass is 35.5. The zero-order chi connectivity index (χ0) is 10.8. The van der Waals surface area contributed by atoms with Crippen molar-refractivity contribution in [2.45, 2.75) is 18.8 Å². The summed E-state index contributed by atoms with van der Waals surface area (Å²) < 4.78 is 5.28. The summed E-state index contributed by atoms with van der Waals surface area (Å²) in [4.78, 5) is 13.2. The lowest BCUT2D eigenvalue weighted by atomic mass is 10.2. The SMILES string of the molecule is CC1C(=O)NCCN1c1nnc(CCl)o1. The Kier molecular flexibility index (Phi) is 2.77. The maximum atomic E-state index is 11.4. The number of hydrogen-bond donors (Lipinski definition) is 1. The molecule has 6 nitrogen and oxygen atoms in total. The predicted molar refractivity (Wildman–Crippen MR) is 53.7 cm³/mol. The van der Waals surface area contributed by atoms with E-state index in [-0.39, 0.29) is 17.8 Å². The molecule has 0 radical (unpaired) electrons. The summed E-state index contributed by atoms with van der Waals surface area (Å²) in [6.45, 7) is 3.04. The van der Waals surface area contributed by atoms with Crippen LogP contribution in [-0.2, 0) is 10.7 Å². The molecular weight excluding hydrogens is 220 g/mol. The zero-order valence-corrected chi connectivity index (χ0v) is 8.99. The fraction of sp³-hybridized carbons (Fsp3) is 0.625. The van der Waals surface area contributed by atoms with Gasteiger partial charge in [-0.1, -0.05) is 5.10 Å². The van der Waals surface area contributed by atoms with E-state index in [1.807, 2.05) is 0 Å². The second kappa shape index (κ2) is 4.06. The van der Waals surface area contributed by atoms with Crippen LogP contribution >= 0.6 is 11.6 Å². The van der Waals surface area contributed by atoms with E-state index in [0.717, 1.165) is 0 Å². The number of hydrogen-bond acceptors (Lipinski definition) is 5. The van der Waals surface area contributed by atoms with Crippen molar-refractivity contribution in [1.29, 1.82) is 0 Å². The van der Waals surface area contributed by atoms with Gasteiger partial charge in [0.2, 0.25) is 11.8 Å². The summed E-state index contributed by atoms with van der Waals surface area (Å²) in [5.74, 6) is 0.512. The average molecular weight is 231 g/mol. The fourth-order valence-corrected chi connectivity index (χ4v) is 1.57. The molecular formula is C8H11ClN4O2. The molecule has 1 N–H and O–H groups in total. The first kappa shape index (κ1) is 10.2. The normalized spacial score (nSPS) is 21.6. The maximum Gasteiger partial charge on any atom is 0.318 e. The summed E-state index contributed by atoms with van der Waals surface area (Å²) in [7, 11) is 0. The number of piperazine rings is 1. The third-order valence-electron chi connectivity index (χ3n) is 2.32. The van der Waals surface area contributed by atoms with Gasteiger partial charge in [0.15, 0.2) is 0 Å².